The highest BCUT2D eigenvalue weighted by Gasteiger charge is 2.55. The third-order valence-corrected chi connectivity index (χ3v) is 5.98. The maximum atomic E-state index is 11.2. The summed E-state index contributed by atoms with van der Waals surface area (Å²) in [5.74, 6) is 0.499. The first-order valence-corrected chi connectivity index (χ1v) is 7.67. The molecule has 0 heterocycles. The number of fused-ring (bicyclic) bond motifs is 1. The van der Waals surface area contributed by atoms with Gasteiger partial charge in [-0.1, -0.05) is 32.4 Å². The van der Waals surface area contributed by atoms with Gasteiger partial charge in [0.2, 0.25) is 0 Å². The number of hydrogen-bond acceptors (Lipinski definition) is 3. The van der Waals surface area contributed by atoms with Gasteiger partial charge in [-0.2, -0.15) is 0 Å². The zero-order valence-corrected chi connectivity index (χ0v) is 13.4. The average Bonchev–Trinajstić information content (AvgIpc) is 2.33. The number of ether oxygens (including phenoxy) is 1. The van der Waals surface area contributed by atoms with Crippen LogP contribution < -0.4 is 0 Å². The first kappa shape index (κ1) is 15.6. The summed E-state index contributed by atoms with van der Waals surface area (Å²) >= 11 is 0. The van der Waals surface area contributed by atoms with Crippen molar-refractivity contribution < 1.29 is 14.6 Å². The minimum Gasteiger partial charge on any atom is -0.465 e. The maximum Gasteiger partial charge on any atom is 0.302 e. The Kier molecular flexibility index (Phi) is 4.03. The van der Waals surface area contributed by atoms with E-state index in [-0.39, 0.29) is 28.8 Å². The van der Waals surface area contributed by atoms with Gasteiger partial charge in [0.05, 0.1) is 12.7 Å². The molecule has 4 atom stereocenters. The van der Waals surface area contributed by atoms with Gasteiger partial charge in [-0.3, -0.25) is 4.79 Å². The van der Waals surface area contributed by atoms with Gasteiger partial charge in [0.1, 0.15) is 0 Å². The second-order valence-electron chi connectivity index (χ2n) is 7.47. The van der Waals surface area contributed by atoms with Gasteiger partial charge >= 0.3 is 5.97 Å². The van der Waals surface area contributed by atoms with Gasteiger partial charge in [-0.15, -0.1) is 0 Å². The predicted molar refractivity (Wildman–Crippen MR) is 79.1 cm³/mol. The van der Waals surface area contributed by atoms with Crippen molar-refractivity contribution in [3.63, 3.8) is 0 Å². The number of allylic oxidation sites excluding steroid dienone is 1. The van der Waals surface area contributed by atoms with E-state index < -0.39 is 0 Å². The average molecular weight is 280 g/mol. The third-order valence-electron chi connectivity index (χ3n) is 5.98. The van der Waals surface area contributed by atoms with Crippen molar-refractivity contribution >= 4 is 5.97 Å². The van der Waals surface area contributed by atoms with Crippen LogP contribution in [0.5, 0.6) is 0 Å². The van der Waals surface area contributed by atoms with Crippen LogP contribution >= 0.6 is 0 Å². The van der Waals surface area contributed by atoms with E-state index in [9.17, 15) is 9.90 Å². The highest BCUT2D eigenvalue weighted by Crippen LogP contribution is 2.59. The van der Waals surface area contributed by atoms with E-state index in [4.69, 9.17) is 4.74 Å². The van der Waals surface area contributed by atoms with Crippen molar-refractivity contribution in [3.05, 3.63) is 11.6 Å². The van der Waals surface area contributed by atoms with Gasteiger partial charge in [-0.05, 0) is 42.9 Å². The molecule has 0 aromatic rings. The minimum absolute atomic E-state index is 0.0846. The number of carbonyl (C=O) groups excluding carboxylic acids is 1. The van der Waals surface area contributed by atoms with Crippen molar-refractivity contribution in [1.29, 1.82) is 0 Å². The Morgan fingerprint density at radius 3 is 2.70 bits per heavy atom. The molecule has 2 rings (SSSR count). The Hall–Kier alpha value is -0.830. The largest absolute Gasteiger partial charge is 0.465 e. The smallest absolute Gasteiger partial charge is 0.302 e. The van der Waals surface area contributed by atoms with E-state index >= 15 is 0 Å². The lowest BCUT2D eigenvalue weighted by Gasteiger charge is -2.58. The molecule has 2 aliphatic rings. The monoisotopic (exact) mass is 280 g/mol. The molecule has 1 N–H and O–H groups in total. The van der Waals surface area contributed by atoms with Crippen molar-refractivity contribution in [1.82, 2.24) is 0 Å². The van der Waals surface area contributed by atoms with Crippen LogP contribution in [0.2, 0.25) is 0 Å². The fourth-order valence-corrected chi connectivity index (χ4v) is 4.55. The van der Waals surface area contributed by atoms with E-state index in [0.717, 1.165) is 19.3 Å². The van der Waals surface area contributed by atoms with Gasteiger partial charge in [-0.25, -0.2) is 0 Å². The van der Waals surface area contributed by atoms with Crippen LogP contribution in [0, 0.1) is 22.7 Å². The summed E-state index contributed by atoms with van der Waals surface area (Å²) in [7, 11) is 0. The van der Waals surface area contributed by atoms with Crippen molar-refractivity contribution in [3.8, 4) is 0 Å². The molecule has 0 radical (unpaired) electrons. The molecule has 0 aliphatic heterocycles. The van der Waals surface area contributed by atoms with E-state index in [1.54, 1.807) is 0 Å². The van der Waals surface area contributed by atoms with Crippen LogP contribution in [0.15, 0.2) is 11.6 Å². The SMILES string of the molecule is CC(=O)OC[C@H]1C(C)=CC[C@H]2C(C)(C)[C@@H](O)CC[C@]12C. The molecule has 0 aromatic carbocycles. The fraction of sp³-hybridized carbons (Fsp3) is 0.824. The number of aliphatic hydroxyl groups is 1. The maximum absolute atomic E-state index is 11.2. The molecule has 114 valence electrons. The molecule has 0 saturated heterocycles. The van der Waals surface area contributed by atoms with Gasteiger partial charge in [0, 0.05) is 12.8 Å². The number of esters is 1. The summed E-state index contributed by atoms with van der Waals surface area (Å²) in [5, 5.41) is 10.4. The normalized spacial score (nSPS) is 39.7. The molecule has 0 amide bonds. The summed E-state index contributed by atoms with van der Waals surface area (Å²) in [6, 6.07) is 0. The van der Waals surface area contributed by atoms with Crippen LogP contribution in [0.25, 0.3) is 0 Å². The van der Waals surface area contributed by atoms with Crippen molar-refractivity contribution in [2.75, 3.05) is 6.61 Å². The van der Waals surface area contributed by atoms with Gasteiger partial charge in [0.15, 0.2) is 0 Å². The second kappa shape index (κ2) is 5.18. The van der Waals surface area contributed by atoms with Crippen LogP contribution in [-0.4, -0.2) is 23.8 Å². The highest BCUT2D eigenvalue weighted by atomic mass is 16.5. The zero-order valence-electron chi connectivity index (χ0n) is 13.4. The lowest BCUT2D eigenvalue weighted by Crippen LogP contribution is -2.54. The van der Waals surface area contributed by atoms with Crippen LogP contribution in [0.4, 0.5) is 0 Å². The molecule has 3 heteroatoms. The highest BCUT2D eigenvalue weighted by molar-refractivity contribution is 5.65. The Balaban J connectivity index is 2.31. The lowest BCUT2D eigenvalue weighted by molar-refractivity contribution is -0.150. The zero-order chi connectivity index (χ0) is 15.1. The molecular weight excluding hydrogens is 252 g/mol. The summed E-state index contributed by atoms with van der Waals surface area (Å²) in [6.07, 6.45) is 4.90. The molecule has 1 saturated carbocycles. The molecule has 0 aromatic heterocycles. The van der Waals surface area contributed by atoms with Crippen molar-refractivity contribution in [2.45, 2.75) is 60.0 Å². The Morgan fingerprint density at radius 2 is 2.10 bits per heavy atom. The predicted octanol–water partition coefficient (Wildman–Crippen LogP) is 3.32. The lowest BCUT2D eigenvalue weighted by atomic mass is 9.48. The third kappa shape index (κ3) is 2.41. The molecule has 1 fully saturated rings. The standard InChI is InChI=1S/C17H28O3/c1-11-6-7-14-16(3,4)15(19)8-9-17(14,5)13(11)10-20-12(2)18/h6,13-15,19H,7-10H2,1-5H3/t13-,14-,15-,17+/m0/s1. The summed E-state index contributed by atoms with van der Waals surface area (Å²) < 4.78 is 5.32. The molecule has 2 aliphatic carbocycles. The topological polar surface area (TPSA) is 46.5 Å². The summed E-state index contributed by atoms with van der Waals surface area (Å²) in [5.41, 5.74) is 1.35. The molecule has 0 bridgehead atoms. The number of aliphatic hydroxyl groups excluding tert-OH is 1. The molecule has 3 nitrogen and oxygen atoms in total. The minimum atomic E-state index is -0.234. The fourth-order valence-electron chi connectivity index (χ4n) is 4.55. The van der Waals surface area contributed by atoms with Crippen LogP contribution in [0.1, 0.15) is 53.9 Å². The Bertz CT molecular complexity index is 424. The number of rotatable bonds is 2. The van der Waals surface area contributed by atoms with Gasteiger partial charge in [0.25, 0.3) is 0 Å². The Morgan fingerprint density at radius 1 is 1.45 bits per heavy atom. The number of carbonyl (C=O) groups is 1. The molecule has 0 spiro atoms. The van der Waals surface area contributed by atoms with E-state index in [1.165, 1.54) is 12.5 Å². The second-order valence-corrected chi connectivity index (χ2v) is 7.47. The van der Waals surface area contributed by atoms with Crippen LogP contribution in [0.3, 0.4) is 0 Å². The summed E-state index contributed by atoms with van der Waals surface area (Å²) in [4.78, 5) is 11.2. The van der Waals surface area contributed by atoms with E-state index in [2.05, 4.69) is 33.8 Å². The first-order valence-electron chi connectivity index (χ1n) is 7.67. The van der Waals surface area contributed by atoms with Crippen LogP contribution in [-0.2, 0) is 9.53 Å². The van der Waals surface area contributed by atoms with Gasteiger partial charge < -0.3 is 9.84 Å². The van der Waals surface area contributed by atoms with E-state index in [1.807, 2.05) is 0 Å². The molecule has 20 heavy (non-hydrogen) atoms. The Labute approximate surface area is 122 Å². The summed E-state index contributed by atoms with van der Waals surface area (Å²) in [6.45, 7) is 10.8. The van der Waals surface area contributed by atoms with Crippen molar-refractivity contribution in [2.24, 2.45) is 22.7 Å². The molecule has 0 unspecified atom stereocenters. The quantitative estimate of drug-likeness (QED) is 0.623. The first-order chi connectivity index (χ1) is 9.19. The van der Waals surface area contributed by atoms with E-state index in [0.29, 0.717) is 12.5 Å². The number of hydrogen-bond donors (Lipinski definition) is 1. The molecular formula is C17H28O3.